The number of nitrogens with zero attached hydrogens (tertiary/aromatic N) is 1. The van der Waals surface area contributed by atoms with E-state index < -0.39 is 0 Å². The van der Waals surface area contributed by atoms with E-state index in [4.69, 9.17) is 15.2 Å². The zero-order valence-electron chi connectivity index (χ0n) is 12.6. The smallest absolute Gasteiger partial charge is 0.260 e. The molecule has 1 fully saturated rings. The molecule has 0 spiro atoms. The van der Waals surface area contributed by atoms with E-state index in [1.807, 2.05) is 24.3 Å². The lowest BCUT2D eigenvalue weighted by Gasteiger charge is -2.27. The van der Waals surface area contributed by atoms with Gasteiger partial charge in [0.2, 0.25) is 0 Å². The van der Waals surface area contributed by atoms with E-state index in [1.165, 1.54) is 0 Å². The van der Waals surface area contributed by atoms with Crippen LogP contribution in [-0.4, -0.2) is 49.8 Å². The van der Waals surface area contributed by atoms with Crippen molar-refractivity contribution in [2.45, 2.75) is 25.8 Å². The fraction of sp³-hybridized carbons (Fsp3) is 0.562. The number of carbonyl (C=O) groups is 1. The fourth-order valence-electron chi connectivity index (χ4n) is 2.28. The molecule has 5 nitrogen and oxygen atoms in total. The Morgan fingerprint density at radius 3 is 2.81 bits per heavy atom. The van der Waals surface area contributed by atoms with E-state index in [9.17, 15) is 4.79 Å². The Bertz CT molecular complexity index is 459. The zero-order valence-corrected chi connectivity index (χ0v) is 12.6. The van der Waals surface area contributed by atoms with Crippen molar-refractivity contribution < 1.29 is 14.3 Å². The molecule has 1 atom stereocenters. The highest BCUT2D eigenvalue weighted by Gasteiger charge is 2.17. The van der Waals surface area contributed by atoms with Gasteiger partial charge in [-0.3, -0.25) is 4.79 Å². The van der Waals surface area contributed by atoms with E-state index in [2.05, 4.69) is 6.92 Å². The predicted molar refractivity (Wildman–Crippen MR) is 81.3 cm³/mol. The second-order valence-electron chi connectivity index (χ2n) is 5.26. The molecule has 0 aromatic heterocycles. The third-order valence-corrected chi connectivity index (χ3v) is 3.69. The third-order valence-electron chi connectivity index (χ3n) is 3.69. The summed E-state index contributed by atoms with van der Waals surface area (Å²) in [6.07, 6.45) is 1.68. The molecule has 1 heterocycles. The SMILES string of the molecule is CCC(N)Cc1ccccc1OCC(=O)N1CCOCC1. The number of hydrogen-bond donors (Lipinski definition) is 1. The van der Waals surface area contributed by atoms with Crippen LogP contribution in [0.1, 0.15) is 18.9 Å². The van der Waals surface area contributed by atoms with Crippen molar-refractivity contribution in [3.05, 3.63) is 29.8 Å². The summed E-state index contributed by atoms with van der Waals surface area (Å²) in [4.78, 5) is 13.9. The Morgan fingerprint density at radius 2 is 2.10 bits per heavy atom. The first-order chi connectivity index (χ1) is 10.2. The molecule has 1 aliphatic rings. The van der Waals surface area contributed by atoms with Crippen LogP contribution in [0.5, 0.6) is 5.75 Å². The van der Waals surface area contributed by atoms with Gasteiger partial charge in [-0.25, -0.2) is 0 Å². The quantitative estimate of drug-likeness (QED) is 0.856. The van der Waals surface area contributed by atoms with E-state index in [0.29, 0.717) is 26.3 Å². The molecule has 2 rings (SSSR count). The Hall–Kier alpha value is -1.59. The van der Waals surface area contributed by atoms with Gasteiger partial charge in [0.25, 0.3) is 5.91 Å². The Kier molecular flexibility index (Phi) is 6.02. The lowest BCUT2D eigenvalue weighted by atomic mass is 10.0. The van der Waals surface area contributed by atoms with Crippen molar-refractivity contribution in [3.63, 3.8) is 0 Å². The van der Waals surface area contributed by atoms with Crippen molar-refractivity contribution in [1.82, 2.24) is 4.90 Å². The van der Waals surface area contributed by atoms with Gasteiger partial charge < -0.3 is 20.1 Å². The lowest BCUT2D eigenvalue weighted by molar-refractivity contribution is -0.137. The van der Waals surface area contributed by atoms with Crippen LogP contribution in [0.3, 0.4) is 0 Å². The summed E-state index contributed by atoms with van der Waals surface area (Å²) >= 11 is 0. The van der Waals surface area contributed by atoms with Crippen LogP contribution < -0.4 is 10.5 Å². The normalized spacial score (nSPS) is 16.6. The van der Waals surface area contributed by atoms with Gasteiger partial charge >= 0.3 is 0 Å². The minimum atomic E-state index is 0.00731. The van der Waals surface area contributed by atoms with E-state index in [-0.39, 0.29) is 18.6 Å². The largest absolute Gasteiger partial charge is 0.483 e. The standard InChI is InChI=1S/C16H24N2O3/c1-2-14(17)11-13-5-3-4-6-15(13)21-12-16(19)18-7-9-20-10-8-18/h3-6,14H,2,7-12,17H2,1H3. The summed E-state index contributed by atoms with van der Waals surface area (Å²) in [6.45, 7) is 4.63. The fourth-order valence-corrected chi connectivity index (χ4v) is 2.28. The molecule has 1 aliphatic heterocycles. The van der Waals surface area contributed by atoms with Crippen LogP contribution in [-0.2, 0) is 16.0 Å². The van der Waals surface area contributed by atoms with Crippen molar-refractivity contribution in [3.8, 4) is 5.75 Å². The molecule has 0 bridgehead atoms. The summed E-state index contributed by atoms with van der Waals surface area (Å²) in [5.41, 5.74) is 7.06. The summed E-state index contributed by atoms with van der Waals surface area (Å²) in [5.74, 6) is 0.760. The van der Waals surface area contributed by atoms with Gasteiger partial charge in [-0.05, 0) is 24.5 Å². The van der Waals surface area contributed by atoms with Crippen LogP contribution >= 0.6 is 0 Å². The molecular formula is C16H24N2O3. The van der Waals surface area contributed by atoms with Crippen molar-refractivity contribution >= 4 is 5.91 Å². The molecule has 21 heavy (non-hydrogen) atoms. The first-order valence-electron chi connectivity index (χ1n) is 7.52. The number of ether oxygens (including phenoxy) is 2. The molecule has 1 amide bonds. The second kappa shape index (κ2) is 8.00. The molecule has 0 aliphatic carbocycles. The highest BCUT2D eigenvalue weighted by Crippen LogP contribution is 2.20. The molecule has 1 aromatic rings. The first kappa shape index (κ1) is 15.8. The highest BCUT2D eigenvalue weighted by atomic mass is 16.5. The van der Waals surface area contributed by atoms with Crippen molar-refractivity contribution in [1.29, 1.82) is 0 Å². The number of rotatable bonds is 6. The van der Waals surface area contributed by atoms with Gasteiger partial charge in [0.1, 0.15) is 5.75 Å². The number of nitrogens with two attached hydrogens (primary N) is 1. The average molecular weight is 292 g/mol. The molecule has 1 unspecified atom stereocenters. The minimum absolute atomic E-state index is 0.00731. The van der Waals surface area contributed by atoms with Gasteiger partial charge in [0, 0.05) is 19.1 Å². The molecule has 1 saturated heterocycles. The second-order valence-corrected chi connectivity index (χ2v) is 5.26. The zero-order chi connectivity index (χ0) is 15.1. The molecule has 1 aromatic carbocycles. The molecule has 116 valence electrons. The Balaban J connectivity index is 1.91. The summed E-state index contributed by atoms with van der Waals surface area (Å²) in [5, 5.41) is 0. The van der Waals surface area contributed by atoms with Gasteiger partial charge in [0.15, 0.2) is 6.61 Å². The van der Waals surface area contributed by atoms with Crippen LogP contribution in [0.4, 0.5) is 0 Å². The van der Waals surface area contributed by atoms with Crippen LogP contribution in [0.2, 0.25) is 0 Å². The molecule has 2 N–H and O–H groups in total. The maximum absolute atomic E-state index is 12.1. The number of morpholine rings is 1. The number of para-hydroxylation sites is 1. The average Bonchev–Trinajstić information content (AvgIpc) is 2.54. The molecule has 5 heteroatoms. The topological polar surface area (TPSA) is 64.8 Å². The van der Waals surface area contributed by atoms with Crippen LogP contribution in [0.15, 0.2) is 24.3 Å². The molecule has 0 saturated carbocycles. The minimum Gasteiger partial charge on any atom is -0.483 e. The summed E-state index contributed by atoms with van der Waals surface area (Å²) in [6, 6.07) is 7.89. The van der Waals surface area contributed by atoms with Gasteiger partial charge in [0.05, 0.1) is 13.2 Å². The predicted octanol–water partition coefficient (Wildman–Crippen LogP) is 1.20. The first-order valence-corrected chi connectivity index (χ1v) is 7.52. The van der Waals surface area contributed by atoms with E-state index >= 15 is 0 Å². The summed E-state index contributed by atoms with van der Waals surface area (Å²) in [7, 11) is 0. The Morgan fingerprint density at radius 1 is 1.38 bits per heavy atom. The van der Waals surface area contributed by atoms with Crippen LogP contribution in [0.25, 0.3) is 0 Å². The number of carbonyl (C=O) groups excluding carboxylic acids is 1. The van der Waals surface area contributed by atoms with Gasteiger partial charge in [-0.15, -0.1) is 0 Å². The highest BCUT2D eigenvalue weighted by molar-refractivity contribution is 5.77. The maximum atomic E-state index is 12.1. The van der Waals surface area contributed by atoms with Crippen molar-refractivity contribution in [2.75, 3.05) is 32.9 Å². The Labute approximate surface area is 126 Å². The lowest BCUT2D eigenvalue weighted by Crippen LogP contribution is -2.43. The third kappa shape index (κ3) is 4.72. The van der Waals surface area contributed by atoms with E-state index in [0.717, 1.165) is 24.2 Å². The van der Waals surface area contributed by atoms with Crippen molar-refractivity contribution in [2.24, 2.45) is 5.73 Å². The van der Waals surface area contributed by atoms with Gasteiger partial charge in [-0.1, -0.05) is 25.1 Å². The maximum Gasteiger partial charge on any atom is 0.260 e. The number of benzene rings is 1. The monoisotopic (exact) mass is 292 g/mol. The summed E-state index contributed by atoms with van der Waals surface area (Å²) < 4.78 is 10.9. The van der Waals surface area contributed by atoms with E-state index in [1.54, 1.807) is 4.90 Å². The molecular weight excluding hydrogens is 268 g/mol. The van der Waals surface area contributed by atoms with Gasteiger partial charge in [-0.2, -0.15) is 0 Å². The molecule has 0 radical (unpaired) electrons. The number of amides is 1. The van der Waals surface area contributed by atoms with Crippen LogP contribution in [0, 0.1) is 0 Å². The number of hydrogen-bond acceptors (Lipinski definition) is 4.